The van der Waals surface area contributed by atoms with E-state index in [0.29, 0.717) is 16.4 Å². The van der Waals surface area contributed by atoms with Gasteiger partial charge in [0.15, 0.2) is 5.76 Å². The molecule has 0 atom stereocenters. The molecule has 0 aliphatic rings. The van der Waals surface area contributed by atoms with Crippen molar-refractivity contribution in [2.45, 2.75) is 30.5 Å². The molecule has 2 aromatic carbocycles. The summed E-state index contributed by atoms with van der Waals surface area (Å²) >= 11 is 7.53. The molecule has 0 fully saturated rings. The zero-order valence-corrected chi connectivity index (χ0v) is 17.2. The van der Waals surface area contributed by atoms with Gasteiger partial charge in [0.05, 0.1) is 6.54 Å². The molecule has 0 spiro atoms. The summed E-state index contributed by atoms with van der Waals surface area (Å²) in [6.07, 6.45) is 0. The van der Waals surface area contributed by atoms with Crippen LogP contribution in [0.1, 0.15) is 30.0 Å². The molecular weight excluding hydrogens is 396 g/mol. The Bertz CT molecular complexity index is 983. The molecule has 0 radical (unpaired) electrons. The highest BCUT2D eigenvalue weighted by Crippen LogP contribution is 2.32. The van der Waals surface area contributed by atoms with Gasteiger partial charge in [0.1, 0.15) is 5.58 Å². The molecule has 5 nitrogen and oxygen atoms in total. The second-order valence-corrected chi connectivity index (χ2v) is 8.04. The Kier molecular flexibility index (Phi) is 6.65. The number of para-hydroxylation sites is 1. The third-order valence-electron chi connectivity index (χ3n) is 3.96. The van der Waals surface area contributed by atoms with Gasteiger partial charge in [0, 0.05) is 32.7 Å². The number of nitrogens with one attached hydrogen (secondary N) is 2. The molecule has 0 saturated carbocycles. The molecule has 0 saturated heterocycles. The summed E-state index contributed by atoms with van der Waals surface area (Å²) in [6, 6.07) is 15.1. The van der Waals surface area contributed by atoms with Gasteiger partial charge >= 0.3 is 0 Å². The number of fused-ring (bicyclic) bond motifs is 1. The summed E-state index contributed by atoms with van der Waals surface area (Å²) in [5.41, 5.74) is 1.45. The van der Waals surface area contributed by atoms with E-state index in [4.69, 9.17) is 16.0 Å². The Morgan fingerprint density at radius 2 is 1.82 bits per heavy atom. The van der Waals surface area contributed by atoms with Crippen LogP contribution in [0.5, 0.6) is 0 Å². The van der Waals surface area contributed by atoms with Crippen LogP contribution in [0.15, 0.2) is 57.8 Å². The maximum Gasteiger partial charge on any atom is 0.287 e. The van der Waals surface area contributed by atoms with E-state index in [2.05, 4.69) is 10.6 Å². The molecule has 7 heteroatoms. The third-order valence-corrected chi connectivity index (χ3v) is 5.25. The van der Waals surface area contributed by atoms with Crippen molar-refractivity contribution < 1.29 is 14.0 Å². The average molecular weight is 417 g/mol. The van der Waals surface area contributed by atoms with Crippen LogP contribution in [0.4, 0.5) is 0 Å². The van der Waals surface area contributed by atoms with Crippen molar-refractivity contribution in [3.63, 3.8) is 0 Å². The first-order valence-corrected chi connectivity index (χ1v) is 10.3. The minimum atomic E-state index is -0.401. The number of furan rings is 1. The van der Waals surface area contributed by atoms with E-state index in [0.717, 1.165) is 15.8 Å². The number of carbonyl (C=O) groups excluding carboxylic acids is 2. The van der Waals surface area contributed by atoms with Gasteiger partial charge in [-0.25, -0.2) is 0 Å². The average Bonchev–Trinajstić information content (AvgIpc) is 3.04. The van der Waals surface area contributed by atoms with Crippen LogP contribution in [0.25, 0.3) is 11.0 Å². The highest BCUT2D eigenvalue weighted by molar-refractivity contribution is 7.98. The summed E-state index contributed by atoms with van der Waals surface area (Å²) in [7, 11) is 0. The Morgan fingerprint density at radius 3 is 2.54 bits per heavy atom. The molecule has 1 aromatic heterocycles. The van der Waals surface area contributed by atoms with Crippen LogP contribution in [-0.4, -0.2) is 24.4 Å². The molecule has 0 bridgehead atoms. The maximum atomic E-state index is 12.7. The van der Waals surface area contributed by atoms with E-state index >= 15 is 0 Å². The molecular formula is C21H21ClN2O3S. The molecule has 0 aliphatic carbocycles. The molecule has 146 valence electrons. The SMILES string of the molecule is CC(C)NC(=O)CNC(=O)c1oc2ccccc2c1CSc1ccc(Cl)cc1. The van der Waals surface area contributed by atoms with Gasteiger partial charge in [-0.15, -0.1) is 11.8 Å². The van der Waals surface area contributed by atoms with Crippen molar-refractivity contribution in [3.8, 4) is 0 Å². The fourth-order valence-corrected chi connectivity index (χ4v) is 3.78. The Labute approximate surface area is 172 Å². The lowest BCUT2D eigenvalue weighted by molar-refractivity contribution is -0.120. The summed E-state index contributed by atoms with van der Waals surface area (Å²) in [5.74, 6) is 0.151. The van der Waals surface area contributed by atoms with E-state index in [-0.39, 0.29) is 24.3 Å². The lowest BCUT2D eigenvalue weighted by Gasteiger charge is -2.09. The van der Waals surface area contributed by atoms with Crippen LogP contribution in [0, 0.1) is 0 Å². The molecule has 3 rings (SSSR count). The van der Waals surface area contributed by atoms with Crippen LogP contribution in [0.2, 0.25) is 5.02 Å². The fraction of sp³-hybridized carbons (Fsp3) is 0.238. The maximum absolute atomic E-state index is 12.7. The van der Waals surface area contributed by atoms with Crippen molar-refractivity contribution in [2.75, 3.05) is 6.54 Å². The van der Waals surface area contributed by atoms with Gasteiger partial charge in [-0.1, -0.05) is 29.8 Å². The summed E-state index contributed by atoms with van der Waals surface area (Å²) in [6.45, 7) is 3.63. The minimum absolute atomic E-state index is 0.0157. The Morgan fingerprint density at radius 1 is 1.11 bits per heavy atom. The summed E-state index contributed by atoms with van der Waals surface area (Å²) in [4.78, 5) is 25.5. The van der Waals surface area contributed by atoms with E-state index in [1.165, 1.54) is 0 Å². The molecule has 0 aliphatic heterocycles. The van der Waals surface area contributed by atoms with Crippen molar-refractivity contribution in [1.82, 2.24) is 10.6 Å². The van der Waals surface area contributed by atoms with Crippen LogP contribution in [0.3, 0.4) is 0 Å². The number of rotatable bonds is 7. The van der Waals surface area contributed by atoms with E-state index < -0.39 is 5.91 Å². The summed E-state index contributed by atoms with van der Waals surface area (Å²) < 4.78 is 5.80. The molecule has 0 unspecified atom stereocenters. The highest BCUT2D eigenvalue weighted by atomic mass is 35.5. The van der Waals surface area contributed by atoms with Gasteiger partial charge in [0.2, 0.25) is 5.91 Å². The number of amides is 2. The van der Waals surface area contributed by atoms with E-state index in [9.17, 15) is 9.59 Å². The van der Waals surface area contributed by atoms with Crippen molar-refractivity contribution in [2.24, 2.45) is 0 Å². The zero-order valence-electron chi connectivity index (χ0n) is 15.6. The number of halogens is 1. The van der Waals surface area contributed by atoms with Crippen LogP contribution < -0.4 is 10.6 Å². The normalized spacial score (nSPS) is 11.0. The van der Waals surface area contributed by atoms with Crippen molar-refractivity contribution >= 4 is 46.1 Å². The number of thioether (sulfide) groups is 1. The van der Waals surface area contributed by atoms with Crippen molar-refractivity contribution in [3.05, 3.63) is 64.9 Å². The molecule has 2 N–H and O–H groups in total. The van der Waals surface area contributed by atoms with E-state index in [1.54, 1.807) is 11.8 Å². The van der Waals surface area contributed by atoms with Gasteiger partial charge in [0.25, 0.3) is 5.91 Å². The number of hydrogen-bond acceptors (Lipinski definition) is 4. The second kappa shape index (κ2) is 9.17. The van der Waals surface area contributed by atoms with Crippen LogP contribution >= 0.6 is 23.4 Å². The van der Waals surface area contributed by atoms with Crippen LogP contribution in [-0.2, 0) is 10.5 Å². The number of hydrogen-bond donors (Lipinski definition) is 2. The molecule has 3 aromatic rings. The first kappa shape index (κ1) is 20.3. The molecule has 1 heterocycles. The zero-order chi connectivity index (χ0) is 20.1. The van der Waals surface area contributed by atoms with Gasteiger partial charge in [-0.3, -0.25) is 9.59 Å². The Balaban J connectivity index is 1.79. The topological polar surface area (TPSA) is 71.3 Å². The first-order chi connectivity index (χ1) is 13.4. The summed E-state index contributed by atoms with van der Waals surface area (Å²) in [5, 5.41) is 6.95. The quantitative estimate of drug-likeness (QED) is 0.551. The molecule has 28 heavy (non-hydrogen) atoms. The highest BCUT2D eigenvalue weighted by Gasteiger charge is 2.21. The smallest absolute Gasteiger partial charge is 0.287 e. The van der Waals surface area contributed by atoms with Crippen molar-refractivity contribution in [1.29, 1.82) is 0 Å². The largest absolute Gasteiger partial charge is 0.451 e. The monoisotopic (exact) mass is 416 g/mol. The first-order valence-electron chi connectivity index (χ1n) is 8.90. The van der Waals surface area contributed by atoms with Gasteiger partial charge in [-0.05, 0) is 44.2 Å². The van der Waals surface area contributed by atoms with Gasteiger partial charge in [-0.2, -0.15) is 0 Å². The Hall–Kier alpha value is -2.44. The standard InChI is InChI=1S/C21H21ClN2O3S/c1-13(2)24-19(25)11-23-21(26)20-17(16-5-3-4-6-18(16)27-20)12-28-15-9-7-14(22)8-10-15/h3-10,13H,11-12H2,1-2H3,(H,23,26)(H,24,25). The lowest BCUT2D eigenvalue weighted by atomic mass is 10.1. The second-order valence-electron chi connectivity index (χ2n) is 6.55. The third kappa shape index (κ3) is 5.09. The number of benzene rings is 2. The predicted molar refractivity (Wildman–Crippen MR) is 113 cm³/mol. The minimum Gasteiger partial charge on any atom is -0.451 e. The predicted octanol–water partition coefficient (Wildman–Crippen LogP) is 4.63. The number of carbonyl (C=O) groups is 2. The fourth-order valence-electron chi connectivity index (χ4n) is 2.73. The lowest BCUT2D eigenvalue weighted by Crippen LogP contribution is -2.39. The van der Waals surface area contributed by atoms with E-state index in [1.807, 2.05) is 62.4 Å². The molecule has 2 amide bonds. The van der Waals surface area contributed by atoms with Gasteiger partial charge < -0.3 is 15.1 Å².